The third kappa shape index (κ3) is 12.3. The number of aliphatic hydroxyl groups is 2. The average molecular weight is 817 g/mol. The van der Waals surface area contributed by atoms with Crippen LogP contribution >= 0.6 is 0 Å². The minimum atomic E-state index is -1.78. The molecule has 0 bridgehead atoms. The highest BCUT2D eigenvalue weighted by Gasteiger charge is 2.35. The Morgan fingerprint density at radius 1 is 0.627 bits per heavy atom. The molecule has 0 aliphatic heterocycles. The number of aliphatic carboxylic acids is 1. The molecule has 10 N–H and O–H groups in total. The smallest absolute Gasteiger partial charge is 0.305 e. The van der Waals surface area contributed by atoms with E-state index >= 15 is 0 Å². The van der Waals surface area contributed by atoms with Gasteiger partial charge in [0, 0.05) is 6.42 Å². The molecular formula is C43H56N6O10. The van der Waals surface area contributed by atoms with Crippen molar-refractivity contribution in [1.29, 1.82) is 0 Å². The molecule has 0 aliphatic rings. The second-order valence-corrected chi connectivity index (χ2v) is 15.9. The first kappa shape index (κ1) is 45.8. The molecule has 16 nitrogen and oxygen atoms in total. The lowest BCUT2D eigenvalue weighted by atomic mass is 9.90. The zero-order chi connectivity index (χ0) is 43.6. The quantitative estimate of drug-likeness (QED) is 0.0519. The summed E-state index contributed by atoms with van der Waals surface area (Å²) in [5.41, 5.74) is 6.46. The summed E-state index contributed by atoms with van der Waals surface area (Å²) < 4.78 is 0. The molecule has 6 unspecified atom stereocenters. The van der Waals surface area contributed by atoms with Crippen molar-refractivity contribution in [3.63, 3.8) is 0 Å². The van der Waals surface area contributed by atoms with Crippen LogP contribution in [0.15, 0.2) is 54.6 Å². The van der Waals surface area contributed by atoms with Gasteiger partial charge in [0.2, 0.25) is 35.4 Å². The van der Waals surface area contributed by atoms with Gasteiger partial charge in [0.25, 0.3) is 0 Å². The maximum Gasteiger partial charge on any atom is 0.305 e. The highest BCUT2D eigenvalue weighted by molar-refractivity contribution is 6.23. The number of aliphatic hydroxyl groups excluding tert-OH is 2. The fraction of sp³-hybridized carbons (Fsp3) is 0.465. The highest BCUT2D eigenvalue weighted by atomic mass is 16.4. The fourth-order valence-corrected chi connectivity index (χ4v) is 7.18. The molecule has 0 aliphatic carbocycles. The fourth-order valence-electron chi connectivity index (χ4n) is 7.18. The number of benzene rings is 4. The van der Waals surface area contributed by atoms with E-state index in [0.29, 0.717) is 12.8 Å². The van der Waals surface area contributed by atoms with Crippen molar-refractivity contribution < 1.29 is 48.9 Å². The molecule has 0 spiro atoms. The van der Waals surface area contributed by atoms with E-state index in [1.807, 2.05) is 19.9 Å². The first-order valence-corrected chi connectivity index (χ1v) is 19.9. The highest BCUT2D eigenvalue weighted by Crippen LogP contribution is 2.36. The van der Waals surface area contributed by atoms with Crippen LogP contribution in [0, 0.1) is 11.8 Å². The van der Waals surface area contributed by atoms with Crippen molar-refractivity contribution in [1.82, 2.24) is 26.6 Å². The van der Waals surface area contributed by atoms with Crippen molar-refractivity contribution in [2.45, 2.75) is 109 Å². The summed E-state index contributed by atoms with van der Waals surface area (Å²) in [7, 11) is 0. The summed E-state index contributed by atoms with van der Waals surface area (Å²) >= 11 is 0. The van der Waals surface area contributed by atoms with E-state index in [0.717, 1.165) is 34.0 Å². The number of carbonyl (C=O) groups excluding carboxylic acids is 6. The molecule has 0 fully saturated rings. The van der Waals surface area contributed by atoms with Crippen molar-refractivity contribution in [3.8, 4) is 0 Å². The van der Waals surface area contributed by atoms with Gasteiger partial charge in [0.05, 0.1) is 19.1 Å². The van der Waals surface area contributed by atoms with Gasteiger partial charge in [-0.3, -0.25) is 33.6 Å². The van der Waals surface area contributed by atoms with Crippen LogP contribution in [-0.4, -0.2) is 99.7 Å². The van der Waals surface area contributed by atoms with Gasteiger partial charge in [-0.2, -0.15) is 0 Å². The van der Waals surface area contributed by atoms with Crippen LogP contribution in [0.5, 0.6) is 0 Å². The number of primary amides is 1. The molecule has 6 atom stereocenters. The molecule has 59 heavy (non-hydrogen) atoms. The SMILES string of the molecule is CC(C)CC(NC(=O)C(CO)NC(=O)C(NC(=O)C(CC(=O)O)NC(=O)C(CC(C)C)NC(=O)CCCc1ccc2ccc3cccc4ccc1c2c34)C(C)O)C(N)=O. The molecule has 6 amide bonds. The van der Waals surface area contributed by atoms with Crippen LogP contribution in [0.2, 0.25) is 0 Å². The number of amides is 6. The third-order valence-electron chi connectivity index (χ3n) is 10.1. The Bertz CT molecular complexity index is 2140. The van der Waals surface area contributed by atoms with Gasteiger partial charge < -0.3 is 47.6 Å². The molecule has 4 rings (SSSR count). The molecule has 4 aromatic rings. The molecule has 318 valence electrons. The number of nitrogens with one attached hydrogen (secondary N) is 5. The average Bonchev–Trinajstić information content (AvgIpc) is 3.16. The number of aryl methyl sites for hydroxylation is 1. The number of hydrogen-bond acceptors (Lipinski definition) is 9. The van der Waals surface area contributed by atoms with Gasteiger partial charge in [-0.15, -0.1) is 0 Å². The molecule has 0 heterocycles. The number of rotatable bonds is 22. The van der Waals surface area contributed by atoms with Crippen LogP contribution < -0.4 is 32.3 Å². The topological polar surface area (TPSA) is 266 Å². The lowest BCUT2D eigenvalue weighted by molar-refractivity contribution is -0.142. The van der Waals surface area contributed by atoms with Crippen LogP contribution in [0.3, 0.4) is 0 Å². The summed E-state index contributed by atoms with van der Waals surface area (Å²) in [5, 5.41) is 48.7. The molecule has 0 radical (unpaired) electrons. The molecule has 0 saturated heterocycles. The lowest BCUT2D eigenvalue weighted by Crippen LogP contribution is -2.62. The first-order valence-electron chi connectivity index (χ1n) is 19.9. The van der Waals surface area contributed by atoms with Gasteiger partial charge in [-0.1, -0.05) is 82.3 Å². The van der Waals surface area contributed by atoms with Gasteiger partial charge in [0.15, 0.2) is 0 Å². The molecule has 4 aromatic carbocycles. The lowest BCUT2D eigenvalue weighted by Gasteiger charge is -2.27. The maximum atomic E-state index is 13.6. The van der Waals surface area contributed by atoms with Crippen molar-refractivity contribution in [2.24, 2.45) is 17.6 Å². The predicted molar refractivity (Wildman–Crippen MR) is 222 cm³/mol. The second kappa shape index (κ2) is 20.7. The van der Waals surface area contributed by atoms with Crippen LogP contribution in [-0.2, 0) is 40.0 Å². The normalized spacial score (nSPS) is 14.7. The minimum Gasteiger partial charge on any atom is -0.481 e. The maximum absolute atomic E-state index is 13.6. The Morgan fingerprint density at radius 3 is 1.73 bits per heavy atom. The van der Waals surface area contributed by atoms with Gasteiger partial charge >= 0.3 is 5.97 Å². The number of carboxylic acid groups (broad SMARTS) is 1. The molecular weight excluding hydrogens is 761 g/mol. The van der Waals surface area contributed by atoms with E-state index in [1.165, 1.54) is 10.8 Å². The predicted octanol–water partition coefficient (Wildman–Crippen LogP) is 1.76. The third-order valence-corrected chi connectivity index (χ3v) is 10.1. The largest absolute Gasteiger partial charge is 0.481 e. The Morgan fingerprint density at radius 2 is 1.15 bits per heavy atom. The Labute approximate surface area is 342 Å². The molecule has 0 aromatic heterocycles. The Balaban J connectivity index is 1.40. The summed E-state index contributed by atoms with van der Waals surface area (Å²) in [6, 6.07) is 11.4. The van der Waals surface area contributed by atoms with Gasteiger partial charge in [-0.05, 0) is 82.3 Å². The van der Waals surface area contributed by atoms with Crippen molar-refractivity contribution in [3.05, 3.63) is 60.2 Å². The van der Waals surface area contributed by atoms with Gasteiger partial charge in [0.1, 0.15) is 30.2 Å². The van der Waals surface area contributed by atoms with E-state index in [4.69, 9.17) is 5.73 Å². The van der Waals surface area contributed by atoms with E-state index in [9.17, 15) is 48.9 Å². The number of carbonyl (C=O) groups is 7. The zero-order valence-electron chi connectivity index (χ0n) is 34.0. The second-order valence-electron chi connectivity index (χ2n) is 15.9. The number of nitrogens with two attached hydrogens (primary N) is 1. The summed E-state index contributed by atoms with van der Waals surface area (Å²) in [4.78, 5) is 90.0. The van der Waals surface area contributed by atoms with E-state index < -0.39 is 90.8 Å². The van der Waals surface area contributed by atoms with Crippen LogP contribution in [0.25, 0.3) is 32.3 Å². The zero-order valence-corrected chi connectivity index (χ0v) is 34.0. The van der Waals surface area contributed by atoms with E-state index in [1.54, 1.807) is 13.8 Å². The van der Waals surface area contributed by atoms with Crippen LogP contribution in [0.4, 0.5) is 0 Å². The number of hydrogen-bond donors (Lipinski definition) is 9. The van der Waals surface area contributed by atoms with Crippen molar-refractivity contribution in [2.75, 3.05) is 6.61 Å². The molecule has 16 heteroatoms. The molecule has 0 saturated carbocycles. The Hall–Kier alpha value is -5.87. The minimum absolute atomic E-state index is 0.0387. The number of carboxylic acids is 1. The van der Waals surface area contributed by atoms with Crippen LogP contribution in [0.1, 0.15) is 72.3 Å². The summed E-state index contributed by atoms with van der Waals surface area (Å²) in [5.74, 6) is -6.92. The van der Waals surface area contributed by atoms with Crippen molar-refractivity contribution >= 4 is 73.7 Å². The Kier molecular flexibility index (Phi) is 16.1. The van der Waals surface area contributed by atoms with E-state index in [2.05, 4.69) is 75.1 Å². The first-order chi connectivity index (χ1) is 27.9. The standard InChI is InChI=1S/C43H56N6O10/c1-22(2)18-30(39(44)55)46-42(58)33(21-50)48-43(59)38(24(5)51)49-41(57)32(20-35(53)54)47-40(56)31(19-23(3)4)45-34(52)11-7-8-25-12-13-28-15-14-26-9-6-10-27-16-17-29(25)37(28)36(26)27/h6,9-10,12-17,22-24,30-33,38,50-51H,7-8,11,18-21H2,1-5H3,(H2,44,55)(H,45,52)(H,46,58)(H,47,56)(H,48,59)(H,49,57)(H,53,54). The summed E-state index contributed by atoms with van der Waals surface area (Å²) in [6.07, 6.45) is -1.03. The monoisotopic (exact) mass is 816 g/mol. The van der Waals surface area contributed by atoms with Gasteiger partial charge in [-0.25, -0.2) is 0 Å². The summed E-state index contributed by atoms with van der Waals surface area (Å²) in [6.45, 7) is 7.46. The van der Waals surface area contributed by atoms with E-state index in [-0.39, 0.29) is 31.1 Å².